The van der Waals surface area contributed by atoms with E-state index in [0.717, 1.165) is 10.8 Å². The molecule has 1 saturated heterocycles. The minimum atomic E-state index is -3.11. The number of anilines is 1. The Morgan fingerprint density at radius 1 is 1.11 bits per heavy atom. The van der Waals surface area contributed by atoms with Crippen molar-refractivity contribution in [3.63, 3.8) is 0 Å². The minimum Gasteiger partial charge on any atom is -0.444 e. The van der Waals surface area contributed by atoms with E-state index in [-0.39, 0.29) is 17.1 Å². The first-order chi connectivity index (χ1) is 13.0. The van der Waals surface area contributed by atoms with E-state index in [9.17, 15) is 18.0 Å². The van der Waals surface area contributed by atoms with E-state index >= 15 is 0 Å². The molecule has 1 unspecified atom stereocenters. The molecular weight excluding hydrogens is 380 g/mol. The molecule has 7 nitrogen and oxygen atoms in total. The summed E-state index contributed by atoms with van der Waals surface area (Å²) in [6.45, 7) is 5.25. The zero-order chi connectivity index (χ0) is 20.5. The second kappa shape index (κ2) is 7.43. The maximum absolute atomic E-state index is 12.8. The van der Waals surface area contributed by atoms with Crippen LogP contribution in [-0.4, -0.2) is 43.6 Å². The van der Waals surface area contributed by atoms with Gasteiger partial charge in [-0.3, -0.25) is 10.1 Å². The van der Waals surface area contributed by atoms with Crippen LogP contribution in [0.3, 0.4) is 0 Å². The third-order valence-corrected chi connectivity index (χ3v) is 6.10. The highest BCUT2D eigenvalue weighted by Crippen LogP contribution is 2.25. The molecule has 1 fully saturated rings. The Kier molecular flexibility index (Phi) is 5.34. The Labute approximate surface area is 164 Å². The molecule has 0 bridgehead atoms. The van der Waals surface area contributed by atoms with Crippen LogP contribution in [0.25, 0.3) is 10.8 Å². The molecule has 150 valence electrons. The molecule has 28 heavy (non-hydrogen) atoms. The van der Waals surface area contributed by atoms with Crippen molar-refractivity contribution < 1.29 is 22.7 Å². The van der Waals surface area contributed by atoms with E-state index < -0.39 is 33.5 Å². The predicted molar refractivity (Wildman–Crippen MR) is 108 cm³/mol. The van der Waals surface area contributed by atoms with Gasteiger partial charge in [-0.2, -0.15) is 0 Å². The number of ether oxygens (including phenoxy) is 1. The van der Waals surface area contributed by atoms with Gasteiger partial charge in [-0.15, -0.1) is 0 Å². The smallest absolute Gasteiger partial charge is 0.412 e. The zero-order valence-electron chi connectivity index (χ0n) is 16.1. The fraction of sp³-hybridized carbons (Fsp3) is 0.400. The quantitative estimate of drug-likeness (QED) is 0.818. The summed E-state index contributed by atoms with van der Waals surface area (Å²) in [5, 5.41) is 7.10. The average molecular weight is 404 g/mol. The first-order valence-electron chi connectivity index (χ1n) is 9.06. The number of nitrogens with one attached hydrogen (secondary N) is 2. The number of fused-ring (bicyclic) bond motifs is 1. The maximum Gasteiger partial charge on any atom is 0.412 e. The Morgan fingerprint density at radius 2 is 1.75 bits per heavy atom. The minimum absolute atomic E-state index is 0.0681. The number of hydrogen-bond acceptors (Lipinski definition) is 5. The fourth-order valence-corrected chi connectivity index (χ4v) is 4.79. The molecule has 0 aliphatic carbocycles. The first kappa shape index (κ1) is 20.1. The second-order valence-corrected chi connectivity index (χ2v) is 10.2. The van der Waals surface area contributed by atoms with Gasteiger partial charge in [-0.1, -0.05) is 24.3 Å². The molecule has 0 saturated carbocycles. The highest BCUT2D eigenvalue weighted by atomic mass is 32.2. The van der Waals surface area contributed by atoms with E-state index in [1.54, 1.807) is 32.9 Å². The van der Waals surface area contributed by atoms with Gasteiger partial charge in [-0.25, -0.2) is 13.2 Å². The van der Waals surface area contributed by atoms with Crippen molar-refractivity contribution >= 4 is 38.3 Å². The molecular formula is C20H24N2O5S. The lowest BCUT2D eigenvalue weighted by atomic mass is 10.0. The Balaban J connectivity index is 1.90. The Morgan fingerprint density at radius 3 is 2.32 bits per heavy atom. The summed E-state index contributed by atoms with van der Waals surface area (Å²) in [7, 11) is -3.11. The van der Waals surface area contributed by atoms with Crippen molar-refractivity contribution in [2.75, 3.05) is 16.8 Å². The highest BCUT2D eigenvalue weighted by molar-refractivity contribution is 7.91. The van der Waals surface area contributed by atoms with E-state index in [0.29, 0.717) is 12.1 Å². The normalized spacial score (nSPS) is 18.6. The molecule has 2 aromatic carbocycles. The molecule has 0 radical (unpaired) electrons. The SMILES string of the molecule is CC(C)(C)OC(=O)Nc1cc2ccccc2cc1C(=O)NC1CCS(=O)(=O)C1. The van der Waals surface area contributed by atoms with Crippen LogP contribution in [0, 0.1) is 0 Å². The standard InChI is InChI=1S/C20H24N2O5S/c1-20(2,3)27-19(24)22-17-11-14-7-5-4-6-13(14)10-16(17)18(23)21-15-8-9-28(25,26)12-15/h4-7,10-11,15H,8-9,12H2,1-3H3,(H,21,23)(H,22,24). The number of carbonyl (C=O) groups is 2. The van der Waals surface area contributed by atoms with Crippen molar-refractivity contribution in [1.82, 2.24) is 5.32 Å². The maximum atomic E-state index is 12.8. The van der Waals surface area contributed by atoms with Crippen LogP contribution in [0.5, 0.6) is 0 Å². The van der Waals surface area contributed by atoms with Gasteiger partial charge in [0.15, 0.2) is 9.84 Å². The molecule has 1 heterocycles. The van der Waals surface area contributed by atoms with Crippen molar-refractivity contribution in [3.05, 3.63) is 42.0 Å². The lowest BCUT2D eigenvalue weighted by molar-refractivity contribution is 0.0636. The topological polar surface area (TPSA) is 102 Å². The number of hydrogen-bond donors (Lipinski definition) is 2. The van der Waals surface area contributed by atoms with Crippen LogP contribution >= 0.6 is 0 Å². The number of amides is 2. The third kappa shape index (κ3) is 5.01. The van der Waals surface area contributed by atoms with Gasteiger partial charge in [0.25, 0.3) is 5.91 Å². The molecule has 0 aromatic heterocycles. The van der Waals surface area contributed by atoms with Crippen LogP contribution < -0.4 is 10.6 Å². The summed E-state index contributed by atoms with van der Waals surface area (Å²) in [5.41, 5.74) is -0.109. The van der Waals surface area contributed by atoms with Gasteiger partial charge in [0.05, 0.1) is 22.8 Å². The Hall–Kier alpha value is -2.61. The van der Waals surface area contributed by atoms with Gasteiger partial charge in [-0.05, 0) is 50.1 Å². The molecule has 1 atom stereocenters. The molecule has 2 aromatic rings. The fourth-order valence-electron chi connectivity index (χ4n) is 3.12. The van der Waals surface area contributed by atoms with Crippen molar-refractivity contribution in [2.45, 2.75) is 38.8 Å². The van der Waals surface area contributed by atoms with Gasteiger partial charge in [0, 0.05) is 6.04 Å². The van der Waals surface area contributed by atoms with Gasteiger partial charge in [0.1, 0.15) is 5.60 Å². The zero-order valence-corrected chi connectivity index (χ0v) is 16.9. The second-order valence-electron chi connectivity index (χ2n) is 7.95. The molecule has 2 N–H and O–H groups in total. The lowest BCUT2D eigenvalue weighted by Crippen LogP contribution is -2.36. The first-order valence-corrected chi connectivity index (χ1v) is 10.9. The van der Waals surface area contributed by atoms with Crippen LogP contribution in [0.15, 0.2) is 36.4 Å². The number of sulfone groups is 1. The van der Waals surface area contributed by atoms with E-state index in [1.165, 1.54) is 0 Å². The summed E-state index contributed by atoms with van der Waals surface area (Å²) >= 11 is 0. The predicted octanol–water partition coefficient (Wildman–Crippen LogP) is 3.10. The lowest BCUT2D eigenvalue weighted by Gasteiger charge is -2.21. The van der Waals surface area contributed by atoms with Crippen LogP contribution in [0.2, 0.25) is 0 Å². The van der Waals surface area contributed by atoms with E-state index in [1.807, 2.05) is 24.3 Å². The molecule has 1 aliphatic heterocycles. The summed E-state index contributed by atoms with van der Waals surface area (Å²) in [6, 6.07) is 10.4. The molecule has 8 heteroatoms. The van der Waals surface area contributed by atoms with Crippen molar-refractivity contribution in [1.29, 1.82) is 0 Å². The van der Waals surface area contributed by atoms with Crippen LogP contribution in [0.4, 0.5) is 10.5 Å². The molecule has 0 spiro atoms. The summed E-state index contributed by atoms with van der Waals surface area (Å²) in [5.74, 6) is -0.432. The summed E-state index contributed by atoms with van der Waals surface area (Å²) in [4.78, 5) is 25.1. The number of benzene rings is 2. The summed E-state index contributed by atoms with van der Waals surface area (Å²) < 4.78 is 28.6. The van der Waals surface area contributed by atoms with Crippen LogP contribution in [-0.2, 0) is 14.6 Å². The monoisotopic (exact) mass is 404 g/mol. The van der Waals surface area contributed by atoms with Crippen molar-refractivity contribution in [2.24, 2.45) is 0 Å². The average Bonchev–Trinajstić information content (AvgIpc) is 2.90. The molecule has 1 aliphatic rings. The van der Waals surface area contributed by atoms with E-state index in [4.69, 9.17) is 4.74 Å². The largest absolute Gasteiger partial charge is 0.444 e. The molecule has 3 rings (SSSR count). The third-order valence-electron chi connectivity index (χ3n) is 4.33. The summed E-state index contributed by atoms with van der Waals surface area (Å²) in [6.07, 6.45) is -0.281. The van der Waals surface area contributed by atoms with Gasteiger partial charge in [0.2, 0.25) is 0 Å². The molecule has 2 amide bonds. The van der Waals surface area contributed by atoms with Crippen molar-refractivity contribution in [3.8, 4) is 0 Å². The van der Waals surface area contributed by atoms with Gasteiger partial charge >= 0.3 is 6.09 Å². The van der Waals surface area contributed by atoms with E-state index in [2.05, 4.69) is 10.6 Å². The van der Waals surface area contributed by atoms with Gasteiger partial charge < -0.3 is 10.1 Å². The van der Waals surface area contributed by atoms with Crippen LogP contribution in [0.1, 0.15) is 37.6 Å². The Bertz CT molecular complexity index is 1020. The number of rotatable bonds is 3. The highest BCUT2D eigenvalue weighted by Gasteiger charge is 2.30. The number of carbonyl (C=O) groups excluding carboxylic acids is 2.